The van der Waals surface area contributed by atoms with Gasteiger partial charge in [-0.05, 0) is 35.9 Å². The molecule has 0 bridgehead atoms. The van der Waals surface area contributed by atoms with Crippen LogP contribution in [-0.4, -0.2) is 28.9 Å². The molecule has 3 N–H and O–H groups in total. The number of carbonyl (C=O) groups is 1. The van der Waals surface area contributed by atoms with E-state index < -0.39 is 11.5 Å². The topological polar surface area (TPSA) is 70.7 Å². The summed E-state index contributed by atoms with van der Waals surface area (Å²) in [6.07, 6.45) is 1.16. The number of aliphatic imine (C=N–C) groups is 1. The predicted molar refractivity (Wildman–Crippen MR) is 97.9 cm³/mol. The first-order valence-electron chi connectivity index (χ1n) is 8.50. The third kappa shape index (κ3) is 2.08. The zero-order chi connectivity index (χ0) is 18.1. The molecule has 0 saturated carbocycles. The van der Waals surface area contributed by atoms with Crippen molar-refractivity contribution in [2.24, 2.45) is 10.7 Å². The van der Waals surface area contributed by atoms with E-state index in [4.69, 9.17) is 17.3 Å². The number of amides is 1. The lowest BCUT2D eigenvalue weighted by molar-refractivity contribution is 0.0606. The number of nitrogens with two attached hydrogens (primary N) is 1. The van der Waals surface area contributed by atoms with Gasteiger partial charge in [0.2, 0.25) is 0 Å². The fourth-order valence-corrected chi connectivity index (χ4v) is 4.52. The normalized spacial score (nSPS) is 26.1. The van der Waals surface area contributed by atoms with Gasteiger partial charge < -0.3 is 16.0 Å². The van der Waals surface area contributed by atoms with E-state index in [0.717, 1.165) is 5.56 Å². The first-order chi connectivity index (χ1) is 12.5. The average Bonchev–Trinajstić information content (AvgIpc) is 2.86. The van der Waals surface area contributed by atoms with Crippen LogP contribution in [0, 0.1) is 5.82 Å². The predicted octanol–water partition coefficient (Wildman–Crippen LogP) is 3.30. The van der Waals surface area contributed by atoms with Crippen molar-refractivity contribution < 1.29 is 9.18 Å². The van der Waals surface area contributed by atoms with Crippen molar-refractivity contribution in [2.75, 3.05) is 11.9 Å². The van der Waals surface area contributed by atoms with Crippen LogP contribution in [0.3, 0.4) is 0 Å². The van der Waals surface area contributed by atoms with Crippen LogP contribution in [0.5, 0.6) is 0 Å². The van der Waals surface area contributed by atoms with Crippen molar-refractivity contribution in [2.45, 2.75) is 24.5 Å². The second kappa shape index (κ2) is 5.20. The van der Waals surface area contributed by atoms with Crippen LogP contribution in [-0.2, 0) is 0 Å². The quantitative estimate of drug-likeness (QED) is 0.747. The highest BCUT2D eigenvalue weighted by atomic mass is 35.5. The molecular formula is C19H16ClFN4O. The van der Waals surface area contributed by atoms with E-state index >= 15 is 0 Å². The Hall–Kier alpha value is -2.60. The largest absolute Gasteiger partial charge is 0.383 e. The lowest BCUT2D eigenvalue weighted by Gasteiger charge is -2.44. The van der Waals surface area contributed by atoms with Crippen LogP contribution in [0.4, 0.5) is 10.1 Å². The number of rotatable bonds is 0. The summed E-state index contributed by atoms with van der Waals surface area (Å²) in [5, 5.41) is 3.98. The summed E-state index contributed by atoms with van der Waals surface area (Å²) >= 11 is 6.15. The average molecular weight is 371 g/mol. The maximum atomic E-state index is 14.1. The van der Waals surface area contributed by atoms with E-state index in [9.17, 15) is 9.18 Å². The number of nitrogens with one attached hydrogen (secondary N) is 1. The van der Waals surface area contributed by atoms with Crippen molar-refractivity contribution in [3.05, 3.63) is 63.9 Å². The van der Waals surface area contributed by atoms with E-state index in [2.05, 4.69) is 10.3 Å². The summed E-state index contributed by atoms with van der Waals surface area (Å²) in [4.78, 5) is 19.2. The monoisotopic (exact) mass is 370 g/mol. The van der Waals surface area contributed by atoms with Gasteiger partial charge in [0.05, 0.1) is 11.6 Å². The van der Waals surface area contributed by atoms with Crippen molar-refractivity contribution in [3.63, 3.8) is 0 Å². The fourth-order valence-electron chi connectivity index (χ4n) is 4.34. The fraction of sp³-hybridized carbons (Fsp3) is 0.263. The molecule has 2 atom stereocenters. The van der Waals surface area contributed by atoms with Gasteiger partial charge in [0, 0.05) is 35.7 Å². The number of amidine groups is 1. The Labute approximate surface area is 154 Å². The molecule has 0 aromatic heterocycles. The minimum Gasteiger partial charge on any atom is -0.383 e. The third-order valence-electron chi connectivity index (χ3n) is 5.51. The van der Waals surface area contributed by atoms with Crippen LogP contribution < -0.4 is 11.1 Å². The number of benzene rings is 2. The third-order valence-corrected chi connectivity index (χ3v) is 5.74. The van der Waals surface area contributed by atoms with E-state index in [-0.39, 0.29) is 17.8 Å². The van der Waals surface area contributed by atoms with Crippen molar-refractivity contribution in [3.8, 4) is 0 Å². The summed E-state index contributed by atoms with van der Waals surface area (Å²) in [5.74, 6) is -0.173. The molecule has 7 heteroatoms. The Morgan fingerprint density at radius 2 is 2.19 bits per heavy atom. The Balaban J connectivity index is 1.57. The molecule has 1 saturated heterocycles. The first-order valence-corrected chi connectivity index (χ1v) is 8.88. The van der Waals surface area contributed by atoms with Gasteiger partial charge >= 0.3 is 0 Å². The van der Waals surface area contributed by atoms with Gasteiger partial charge in [-0.3, -0.25) is 4.79 Å². The van der Waals surface area contributed by atoms with E-state index in [1.165, 1.54) is 6.07 Å². The first kappa shape index (κ1) is 15.6. The molecule has 3 aliphatic rings. The highest BCUT2D eigenvalue weighted by Gasteiger charge is 2.48. The maximum Gasteiger partial charge on any atom is 0.254 e. The van der Waals surface area contributed by atoms with E-state index in [1.807, 2.05) is 11.0 Å². The lowest BCUT2D eigenvalue weighted by Crippen LogP contribution is -2.51. The smallest absolute Gasteiger partial charge is 0.254 e. The van der Waals surface area contributed by atoms with Crippen LogP contribution in [0.25, 0.3) is 0 Å². The highest BCUT2D eigenvalue weighted by molar-refractivity contribution is 6.30. The molecule has 3 heterocycles. The Morgan fingerprint density at radius 1 is 1.35 bits per heavy atom. The van der Waals surface area contributed by atoms with Gasteiger partial charge in [-0.2, -0.15) is 0 Å². The minimum atomic E-state index is -0.656. The summed E-state index contributed by atoms with van der Waals surface area (Å²) in [5.41, 5.74) is 8.01. The lowest BCUT2D eigenvalue weighted by atomic mass is 9.87. The summed E-state index contributed by atoms with van der Waals surface area (Å²) in [7, 11) is 0. The van der Waals surface area contributed by atoms with Gasteiger partial charge in [-0.15, -0.1) is 0 Å². The van der Waals surface area contributed by atoms with E-state index in [1.54, 1.807) is 24.3 Å². The number of carbonyl (C=O) groups excluding carboxylic acids is 1. The molecule has 132 valence electrons. The molecule has 3 aliphatic heterocycles. The number of fused-ring (bicyclic) bond motifs is 4. The van der Waals surface area contributed by atoms with E-state index in [0.29, 0.717) is 41.2 Å². The summed E-state index contributed by atoms with van der Waals surface area (Å²) in [6, 6.07) is 10.1. The molecular weight excluding hydrogens is 355 g/mol. The molecule has 1 amide bonds. The molecule has 0 radical (unpaired) electrons. The highest BCUT2D eigenvalue weighted by Crippen LogP contribution is 2.47. The molecule has 26 heavy (non-hydrogen) atoms. The number of piperidine rings is 1. The number of halogens is 2. The zero-order valence-corrected chi connectivity index (χ0v) is 14.6. The number of hydrogen-bond acceptors (Lipinski definition) is 4. The second-order valence-electron chi connectivity index (χ2n) is 7.02. The SMILES string of the molecule is NC1=N[C@@]2(CCN3C(=O)c4ccc(Cl)cc4[C@@H]3C2)Nc2cccc(F)c21. The molecule has 1 fully saturated rings. The molecule has 0 unspecified atom stereocenters. The molecule has 5 nitrogen and oxygen atoms in total. The van der Waals surface area contributed by atoms with Gasteiger partial charge in [-0.25, -0.2) is 9.38 Å². The number of hydrogen-bond donors (Lipinski definition) is 2. The van der Waals surface area contributed by atoms with Crippen LogP contribution >= 0.6 is 11.6 Å². The Kier molecular flexibility index (Phi) is 3.13. The van der Waals surface area contributed by atoms with Gasteiger partial charge in [0.15, 0.2) is 0 Å². The summed E-state index contributed by atoms with van der Waals surface area (Å²) < 4.78 is 14.1. The Morgan fingerprint density at radius 3 is 3.04 bits per heavy atom. The van der Waals surface area contributed by atoms with Crippen molar-refractivity contribution in [1.82, 2.24) is 4.90 Å². The molecule has 0 aliphatic carbocycles. The zero-order valence-electron chi connectivity index (χ0n) is 13.8. The maximum absolute atomic E-state index is 14.1. The molecule has 2 aromatic carbocycles. The Bertz CT molecular complexity index is 991. The minimum absolute atomic E-state index is 0.0238. The molecule has 1 spiro atoms. The molecule has 2 aromatic rings. The number of nitrogens with zero attached hydrogens (tertiary/aromatic N) is 2. The van der Waals surface area contributed by atoms with Crippen molar-refractivity contribution in [1.29, 1.82) is 0 Å². The van der Waals surface area contributed by atoms with Crippen LogP contribution in [0.15, 0.2) is 41.4 Å². The van der Waals surface area contributed by atoms with Crippen LogP contribution in [0.2, 0.25) is 5.02 Å². The number of anilines is 1. The molecule has 5 rings (SSSR count). The van der Waals surface area contributed by atoms with Gasteiger partial charge in [-0.1, -0.05) is 17.7 Å². The summed E-state index contributed by atoms with van der Waals surface area (Å²) in [6.45, 7) is 0.546. The van der Waals surface area contributed by atoms with Gasteiger partial charge in [0.1, 0.15) is 17.3 Å². The van der Waals surface area contributed by atoms with Crippen LogP contribution in [0.1, 0.15) is 40.4 Å². The van der Waals surface area contributed by atoms with Gasteiger partial charge in [0.25, 0.3) is 5.91 Å². The standard InChI is InChI=1S/C19H16ClFN4O/c20-10-4-5-11-12(8-10)15-9-19(6-7-25(15)18(11)26)23-14-3-1-2-13(21)16(14)17(22)24-19/h1-5,8,15,23H,6-7,9H2,(H2,22,24)/t15-,19+/m0/s1. The second-order valence-corrected chi connectivity index (χ2v) is 7.45. The van der Waals surface area contributed by atoms with Crippen molar-refractivity contribution >= 4 is 29.0 Å².